The van der Waals surface area contributed by atoms with Gasteiger partial charge in [-0.2, -0.15) is 5.10 Å². The minimum Gasteiger partial charge on any atom is -0.493 e. The number of benzene rings is 3. The van der Waals surface area contributed by atoms with Crippen molar-refractivity contribution >= 4 is 86.0 Å². The van der Waals surface area contributed by atoms with E-state index in [1.807, 2.05) is 29.6 Å². The van der Waals surface area contributed by atoms with Crippen molar-refractivity contribution in [3.63, 3.8) is 0 Å². The fourth-order valence-corrected chi connectivity index (χ4v) is 6.02. The van der Waals surface area contributed by atoms with Crippen molar-refractivity contribution in [2.75, 3.05) is 12.9 Å². The van der Waals surface area contributed by atoms with E-state index in [0.29, 0.717) is 42.2 Å². The van der Waals surface area contributed by atoms with Crippen LogP contribution in [-0.2, 0) is 11.4 Å². The smallest absolute Gasteiger partial charge is 0.250 e. The molecule has 0 saturated heterocycles. The van der Waals surface area contributed by atoms with Crippen LogP contribution in [0.25, 0.3) is 11.3 Å². The molecule has 1 N–H and O–H groups in total. The highest BCUT2D eigenvalue weighted by molar-refractivity contribution is 9.10. The molecule has 0 saturated carbocycles. The second-order valence-electron chi connectivity index (χ2n) is 7.61. The number of carbonyl (C=O) groups excluding carboxylic acids is 1. The van der Waals surface area contributed by atoms with Crippen LogP contribution in [0.3, 0.4) is 0 Å². The zero-order valence-corrected chi connectivity index (χ0v) is 25.2. The molecule has 4 aromatic rings. The summed E-state index contributed by atoms with van der Waals surface area (Å²) in [7, 11) is 1.54. The first-order valence-electron chi connectivity index (χ1n) is 10.9. The number of thiazole rings is 1. The number of nitrogens with zero attached hydrogens (tertiary/aromatic N) is 2. The molecule has 0 radical (unpaired) electrons. The second-order valence-corrected chi connectivity index (χ2v) is 11.8. The third kappa shape index (κ3) is 7.65. The number of hydrazone groups is 1. The first kappa shape index (κ1) is 28.7. The lowest BCUT2D eigenvalue weighted by atomic mass is 10.2. The van der Waals surface area contributed by atoms with Gasteiger partial charge in [0.05, 0.1) is 29.2 Å². The van der Waals surface area contributed by atoms with E-state index >= 15 is 0 Å². The van der Waals surface area contributed by atoms with Gasteiger partial charge in [-0.05, 0) is 57.9 Å². The Labute approximate surface area is 251 Å². The quantitative estimate of drug-likeness (QED) is 0.104. The summed E-state index contributed by atoms with van der Waals surface area (Å²) in [4.78, 5) is 16.8. The summed E-state index contributed by atoms with van der Waals surface area (Å²) in [6.45, 7) is 0.162. The normalized spacial score (nSPS) is 11.1. The zero-order chi connectivity index (χ0) is 27.1. The molecule has 38 heavy (non-hydrogen) atoms. The molecule has 0 fully saturated rings. The highest BCUT2D eigenvalue weighted by atomic mass is 79.9. The summed E-state index contributed by atoms with van der Waals surface area (Å²) >= 11 is 24.7. The molecule has 0 aliphatic carbocycles. The molecule has 4 rings (SSSR count). The molecule has 1 heterocycles. The molecule has 3 aromatic carbocycles. The standard InChI is InChI=1S/C26H19BrCl3N3O3S2/c1-35-23-10-15(9-19(27)25(23)36-12-18-20(29)3-2-4-21(18)30)11-31-33-24(34)14-38-26-32-22(13-37-26)16-5-7-17(28)8-6-16/h2-11,13H,12,14H2,1H3,(H,33,34)/b31-11+. The van der Waals surface area contributed by atoms with Crippen LogP contribution in [0.2, 0.25) is 15.1 Å². The Balaban J connectivity index is 1.32. The lowest BCUT2D eigenvalue weighted by molar-refractivity contribution is -0.118. The molecule has 12 heteroatoms. The van der Waals surface area contributed by atoms with Crippen molar-refractivity contribution in [2.45, 2.75) is 10.9 Å². The topological polar surface area (TPSA) is 72.8 Å². The van der Waals surface area contributed by atoms with E-state index in [-0.39, 0.29) is 18.3 Å². The average molecular weight is 672 g/mol. The van der Waals surface area contributed by atoms with Gasteiger partial charge in [-0.3, -0.25) is 4.79 Å². The van der Waals surface area contributed by atoms with Crippen molar-refractivity contribution in [1.29, 1.82) is 0 Å². The summed E-state index contributed by atoms with van der Waals surface area (Å²) in [5.41, 5.74) is 5.71. The molecule has 0 aliphatic heterocycles. The Morgan fingerprint density at radius 2 is 1.89 bits per heavy atom. The summed E-state index contributed by atoms with van der Waals surface area (Å²) in [6.07, 6.45) is 1.52. The summed E-state index contributed by atoms with van der Waals surface area (Å²) in [5, 5.41) is 7.71. The first-order chi connectivity index (χ1) is 18.3. The van der Waals surface area contributed by atoms with E-state index < -0.39 is 0 Å². The number of rotatable bonds is 10. The fourth-order valence-electron chi connectivity index (χ4n) is 3.18. The van der Waals surface area contributed by atoms with Gasteiger partial charge in [-0.1, -0.05) is 64.8 Å². The predicted octanol–water partition coefficient (Wildman–Crippen LogP) is 8.36. The maximum absolute atomic E-state index is 12.3. The van der Waals surface area contributed by atoms with E-state index in [9.17, 15) is 4.79 Å². The van der Waals surface area contributed by atoms with Gasteiger partial charge >= 0.3 is 0 Å². The maximum atomic E-state index is 12.3. The Bertz CT molecular complexity index is 1450. The van der Waals surface area contributed by atoms with Gasteiger partial charge in [0.25, 0.3) is 5.91 Å². The number of halogens is 4. The molecule has 0 atom stereocenters. The van der Waals surface area contributed by atoms with E-state index in [1.54, 1.807) is 30.3 Å². The number of thioether (sulfide) groups is 1. The molecule has 0 aliphatic rings. The third-order valence-electron chi connectivity index (χ3n) is 5.03. The molecule has 1 aromatic heterocycles. The number of hydrogen-bond donors (Lipinski definition) is 1. The van der Waals surface area contributed by atoms with Gasteiger partial charge in [0.1, 0.15) is 6.61 Å². The van der Waals surface area contributed by atoms with Gasteiger partial charge in [-0.15, -0.1) is 11.3 Å². The van der Waals surface area contributed by atoms with Crippen LogP contribution in [0.4, 0.5) is 0 Å². The monoisotopic (exact) mass is 669 g/mol. The lowest BCUT2D eigenvalue weighted by Crippen LogP contribution is -2.19. The Morgan fingerprint density at radius 3 is 2.61 bits per heavy atom. The van der Waals surface area contributed by atoms with E-state index in [0.717, 1.165) is 15.6 Å². The lowest BCUT2D eigenvalue weighted by Gasteiger charge is -2.14. The Kier molecular flexibility index (Phi) is 10.3. The second kappa shape index (κ2) is 13.7. The maximum Gasteiger partial charge on any atom is 0.250 e. The van der Waals surface area contributed by atoms with Gasteiger partial charge < -0.3 is 9.47 Å². The molecule has 0 spiro atoms. The summed E-state index contributed by atoms with van der Waals surface area (Å²) < 4.78 is 12.9. The van der Waals surface area contributed by atoms with Crippen LogP contribution in [0, 0.1) is 0 Å². The van der Waals surface area contributed by atoms with Crippen molar-refractivity contribution in [1.82, 2.24) is 10.4 Å². The minimum absolute atomic E-state index is 0.162. The van der Waals surface area contributed by atoms with Crippen LogP contribution < -0.4 is 14.9 Å². The van der Waals surface area contributed by atoms with Crippen molar-refractivity contribution in [3.05, 3.63) is 90.6 Å². The number of carbonyl (C=O) groups is 1. The fraction of sp³-hybridized carbons (Fsp3) is 0.115. The number of methoxy groups -OCH3 is 1. The van der Waals surface area contributed by atoms with Crippen LogP contribution in [0.15, 0.2) is 73.9 Å². The molecule has 0 unspecified atom stereocenters. The first-order valence-corrected chi connectivity index (χ1v) is 14.7. The number of ether oxygens (including phenoxy) is 2. The minimum atomic E-state index is -0.253. The van der Waals surface area contributed by atoms with Crippen LogP contribution in [0.5, 0.6) is 11.5 Å². The van der Waals surface area contributed by atoms with E-state index in [2.05, 4.69) is 31.4 Å². The van der Waals surface area contributed by atoms with Crippen LogP contribution >= 0.6 is 73.8 Å². The number of aromatic nitrogens is 1. The highest BCUT2D eigenvalue weighted by Gasteiger charge is 2.14. The average Bonchev–Trinajstić information content (AvgIpc) is 3.37. The van der Waals surface area contributed by atoms with Crippen molar-refractivity contribution in [2.24, 2.45) is 5.10 Å². The van der Waals surface area contributed by atoms with Crippen LogP contribution in [0.1, 0.15) is 11.1 Å². The summed E-state index contributed by atoms with van der Waals surface area (Å²) in [6, 6.07) is 16.3. The molecule has 1 amide bonds. The number of amides is 1. The zero-order valence-electron chi connectivity index (χ0n) is 19.7. The molecular weight excluding hydrogens is 653 g/mol. The van der Waals surface area contributed by atoms with Gasteiger partial charge in [-0.25, -0.2) is 10.4 Å². The Hall–Kier alpha value is -2.27. The van der Waals surface area contributed by atoms with E-state index in [4.69, 9.17) is 44.3 Å². The van der Waals surface area contributed by atoms with Crippen LogP contribution in [-0.4, -0.2) is 30.0 Å². The van der Waals surface area contributed by atoms with Gasteiger partial charge in [0, 0.05) is 31.6 Å². The van der Waals surface area contributed by atoms with Gasteiger partial charge in [0.2, 0.25) is 0 Å². The highest BCUT2D eigenvalue weighted by Crippen LogP contribution is 2.38. The Morgan fingerprint density at radius 1 is 1.16 bits per heavy atom. The number of nitrogens with one attached hydrogen (secondary N) is 1. The predicted molar refractivity (Wildman–Crippen MR) is 161 cm³/mol. The molecular formula is C26H19BrCl3N3O3S2. The van der Waals surface area contributed by atoms with Crippen molar-refractivity contribution in [3.8, 4) is 22.8 Å². The largest absolute Gasteiger partial charge is 0.493 e. The van der Waals surface area contributed by atoms with Gasteiger partial charge in [0.15, 0.2) is 15.8 Å². The van der Waals surface area contributed by atoms with E-state index in [1.165, 1.54) is 36.4 Å². The van der Waals surface area contributed by atoms with Crippen molar-refractivity contribution < 1.29 is 14.3 Å². The number of hydrogen-bond acceptors (Lipinski definition) is 7. The molecule has 6 nitrogen and oxygen atoms in total. The molecule has 196 valence electrons. The third-order valence-corrected chi connectivity index (χ3v) is 8.60. The SMILES string of the molecule is COc1cc(/C=N/NC(=O)CSc2nc(-c3ccc(Cl)cc3)cs2)cc(Br)c1OCc1c(Cl)cccc1Cl. The molecule has 0 bridgehead atoms. The summed E-state index contributed by atoms with van der Waals surface area (Å²) in [5.74, 6) is 0.890.